The minimum atomic E-state index is -3.71. The lowest BCUT2D eigenvalue weighted by Gasteiger charge is -2.20. The first kappa shape index (κ1) is 16.2. The van der Waals surface area contributed by atoms with Crippen molar-refractivity contribution < 1.29 is 8.42 Å². The number of aryl methyl sites for hydroxylation is 1. The summed E-state index contributed by atoms with van der Waals surface area (Å²) in [6.07, 6.45) is 0. The maximum Gasteiger partial charge on any atom is 0.305 e. The number of halogens is 1. The molecule has 0 radical (unpaired) electrons. The van der Waals surface area contributed by atoms with Crippen LogP contribution in [0.4, 0.5) is 0 Å². The zero-order valence-corrected chi connectivity index (χ0v) is 14.0. The van der Waals surface area contributed by atoms with Gasteiger partial charge in [-0.2, -0.15) is 4.31 Å². The molecule has 1 aromatic heterocycles. The average molecular weight is 347 g/mol. The number of aromatic amines is 1. The average Bonchev–Trinajstić information content (AvgIpc) is 2.77. The lowest BCUT2D eigenvalue weighted by atomic mass is 10.2. The monoisotopic (exact) mass is 346 g/mol. The quantitative estimate of drug-likeness (QED) is 0.904. The van der Waals surface area contributed by atoms with Crippen LogP contribution in [0.25, 0.3) is 0 Å². The molecule has 114 valence electrons. The second-order valence-corrected chi connectivity index (χ2v) is 7.97. The van der Waals surface area contributed by atoms with Gasteiger partial charge in [-0.15, -0.1) is 0 Å². The number of nitrogens with zero attached hydrogens (tertiary/aromatic N) is 1. The first-order valence-electron chi connectivity index (χ1n) is 6.29. The van der Waals surface area contributed by atoms with Crippen molar-refractivity contribution >= 4 is 33.0 Å². The molecule has 0 spiro atoms. The van der Waals surface area contributed by atoms with Gasteiger partial charge in [-0.3, -0.25) is 4.79 Å². The lowest BCUT2D eigenvalue weighted by molar-refractivity contribution is 0.424. The van der Waals surface area contributed by atoms with Gasteiger partial charge >= 0.3 is 4.87 Å². The Bertz CT molecular complexity index is 796. The SMILES string of the molecule is CCN(Cc1ccccc1Cl)S(=O)(=O)c1sc(=O)[nH]c1C. The Hall–Kier alpha value is -1.15. The van der Waals surface area contributed by atoms with E-state index in [0.29, 0.717) is 28.6 Å². The Morgan fingerprint density at radius 1 is 1.33 bits per heavy atom. The molecule has 0 unspecified atom stereocenters. The van der Waals surface area contributed by atoms with Crippen LogP contribution < -0.4 is 4.87 Å². The van der Waals surface area contributed by atoms with E-state index in [0.717, 1.165) is 5.56 Å². The molecule has 1 heterocycles. The van der Waals surface area contributed by atoms with E-state index in [1.807, 2.05) is 6.07 Å². The van der Waals surface area contributed by atoms with Crippen LogP contribution in [0.15, 0.2) is 33.3 Å². The number of hydrogen-bond acceptors (Lipinski definition) is 4. The van der Waals surface area contributed by atoms with E-state index in [4.69, 9.17) is 11.6 Å². The summed E-state index contributed by atoms with van der Waals surface area (Å²) in [5.74, 6) is 0. The molecular weight excluding hydrogens is 332 g/mol. The van der Waals surface area contributed by atoms with E-state index < -0.39 is 10.0 Å². The van der Waals surface area contributed by atoms with E-state index in [9.17, 15) is 13.2 Å². The fraction of sp³-hybridized carbons (Fsp3) is 0.308. The third-order valence-corrected chi connectivity index (χ3v) is 6.88. The molecule has 0 aliphatic heterocycles. The van der Waals surface area contributed by atoms with Crippen LogP contribution in [0, 0.1) is 6.92 Å². The summed E-state index contributed by atoms with van der Waals surface area (Å²) in [6.45, 7) is 3.79. The number of H-pyrrole nitrogens is 1. The third kappa shape index (κ3) is 3.37. The van der Waals surface area contributed by atoms with Crippen LogP contribution in [-0.2, 0) is 16.6 Å². The molecule has 1 aromatic carbocycles. The molecule has 0 aliphatic carbocycles. The fourth-order valence-electron chi connectivity index (χ4n) is 1.94. The molecule has 5 nitrogen and oxygen atoms in total. The van der Waals surface area contributed by atoms with Gasteiger partial charge in [-0.1, -0.05) is 48.1 Å². The van der Waals surface area contributed by atoms with Gasteiger partial charge in [-0.25, -0.2) is 8.42 Å². The molecule has 0 fully saturated rings. The zero-order chi connectivity index (χ0) is 15.6. The molecule has 21 heavy (non-hydrogen) atoms. The Balaban J connectivity index is 2.39. The highest BCUT2D eigenvalue weighted by molar-refractivity contribution is 7.91. The van der Waals surface area contributed by atoms with E-state index in [1.165, 1.54) is 4.31 Å². The summed E-state index contributed by atoms with van der Waals surface area (Å²) < 4.78 is 26.7. The molecule has 1 N–H and O–H groups in total. The normalized spacial score (nSPS) is 12.0. The fourth-order valence-corrected chi connectivity index (χ4v) is 5.00. The first-order chi connectivity index (χ1) is 9.86. The lowest BCUT2D eigenvalue weighted by Crippen LogP contribution is -2.30. The number of rotatable bonds is 5. The Morgan fingerprint density at radius 2 is 2.00 bits per heavy atom. The molecule has 0 atom stereocenters. The van der Waals surface area contributed by atoms with Crippen molar-refractivity contribution in [3.05, 3.63) is 50.2 Å². The van der Waals surface area contributed by atoms with Gasteiger partial charge in [0.1, 0.15) is 0 Å². The van der Waals surface area contributed by atoms with Gasteiger partial charge in [0, 0.05) is 23.8 Å². The number of thiazole rings is 1. The summed E-state index contributed by atoms with van der Waals surface area (Å²) >= 11 is 6.79. The molecule has 0 amide bonds. The molecule has 0 saturated carbocycles. The molecule has 0 saturated heterocycles. The summed E-state index contributed by atoms with van der Waals surface area (Å²) in [6, 6.07) is 7.10. The largest absolute Gasteiger partial charge is 0.315 e. The third-order valence-electron chi connectivity index (χ3n) is 3.01. The number of aromatic nitrogens is 1. The Labute approximate surface area is 132 Å². The molecule has 0 aliphatic rings. The summed E-state index contributed by atoms with van der Waals surface area (Å²) in [5, 5.41) is 0.519. The Morgan fingerprint density at radius 3 is 2.52 bits per heavy atom. The van der Waals surface area contributed by atoms with E-state index in [-0.39, 0.29) is 15.6 Å². The van der Waals surface area contributed by atoms with Crippen LogP contribution in [0.1, 0.15) is 18.2 Å². The van der Waals surface area contributed by atoms with Gasteiger partial charge in [0.15, 0.2) is 4.21 Å². The second-order valence-electron chi connectivity index (χ2n) is 4.45. The topological polar surface area (TPSA) is 70.2 Å². The highest BCUT2D eigenvalue weighted by Gasteiger charge is 2.28. The van der Waals surface area contributed by atoms with Crippen molar-refractivity contribution in [3.63, 3.8) is 0 Å². The van der Waals surface area contributed by atoms with Crippen molar-refractivity contribution in [1.82, 2.24) is 9.29 Å². The number of sulfonamides is 1. The number of benzene rings is 1. The number of hydrogen-bond donors (Lipinski definition) is 1. The van der Waals surface area contributed by atoms with E-state index in [2.05, 4.69) is 4.98 Å². The van der Waals surface area contributed by atoms with Crippen molar-refractivity contribution in [2.75, 3.05) is 6.54 Å². The maximum absolute atomic E-state index is 12.6. The van der Waals surface area contributed by atoms with Gasteiger partial charge in [0.2, 0.25) is 0 Å². The van der Waals surface area contributed by atoms with Crippen LogP contribution in [0.5, 0.6) is 0 Å². The van der Waals surface area contributed by atoms with Crippen LogP contribution >= 0.6 is 22.9 Å². The van der Waals surface area contributed by atoms with Crippen LogP contribution in [0.3, 0.4) is 0 Å². The molecule has 2 rings (SSSR count). The smallest absolute Gasteiger partial charge is 0.305 e. The predicted molar refractivity (Wildman–Crippen MR) is 84.4 cm³/mol. The zero-order valence-electron chi connectivity index (χ0n) is 11.6. The standard InChI is InChI=1S/C13H15ClN2O3S2/c1-3-16(8-10-6-4-5-7-11(10)14)21(18,19)12-9(2)15-13(17)20-12/h4-7H,3,8H2,1-2H3,(H,15,17). The van der Waals surface area contributed by atoms with Crippen LogP contribution in [0.2, 0.25) is 5.02 Å². The Kier molecular flexibility index (Phi) is 4.88. The van der Waals surface area contributed by atoms with Gasteiger partial charge in [-0.05, 0) is 18.6 Å². The van der Waals surface area contributed by atoms with Gasteiger partial charge < -0.3 is 4.98 Å². The predicted octanol–water partition coefficient (Wildman–Crippen LogP) is 2.61. The highest BCUT2D eigenvalue weighted by atomic mass is 35.5. The maximum atomic E-state index is 12.6. The van der Waals surface area contributed by atoms with Crippen LogP contribution in [-0.4, -0.2) is 24.3 Å². The van der Waals surface area contributed by atoms with E-state index >= 15 is 0 Å². The number of nitrogens with one attached hydrogen (secondary N) is 1. The summed E-state index contributed by atoms with van der Waals surface area (Å²) in [4.78, 5) is 13.5. The van der Waals surface area contributed by atoms with Gasteiger partial charge in [0.25, 0.3) is 10.0 Å². The first-order valence-corrected chi connectivity index (χ1v) is 8.93. The minimum absolute atomic E-state index is 0.0569. The van der Waals surface area contributed by atoms with Crippen molar-refractivity contribution in [1.29, 1.82) is 0 Å². The summed E-state index contributed by atoms with van der Waals surface area (Å²) in [7, 11) is -3.71. The highest BCUT2D eigenvalue weighted by Crippen LogP contribution is 2.24. The minimum Gasteiger partial charge on any atom is -0.315 e. The summed E-state index contributed by atoms with van der Waals surface area (Å²) in [5.41, 5.74) is 1.09. The molecule has 0 bridgehead atoms. The van der Waals surface area contributed by atoms with Gasteiger partial charge in [0.05, 0.1) is 0 Å². The van der Waals surface area contributed by atoms with Crippen molar-refractivity contribution in [2.24, 2.45) is 0 Å². The molecule has 8 heteroatoms. The molecule has 2 aromatic rings. The molecular formula is C13H15ClN2O3S2. The van der Waals surface area contributed by atoms with Crippen molar-refractivity contribution in [2.45, 2.75) is 24.6 Å². The van der Waals surface area contributed by atoms with E-state index in [1.54, 1.807) is 32.0 Å². The van der Waals surface area contributed by atoms with Crippen molar-refractivity contribution in [3.8, 4) is 0 Å². The second kappa shape index (κ2) is 6.31.